The minimum atomic E-state index is -2.42. The van der Waals surface area contributed by atoms with Crippen LogP contribution in [-0.2, 0) is 11.1 Å². The highest BCUT2D eigenvalue weighted by atomic mass is 35.5. The zero-order valence-electron chi connectivity index (χ0n) is 13.8. The highest BCUT2D eigenvalue weighted by Gasteiger charge is 2.27. The van der Waals surface area contributed by atoms with E-state index in [1.54, 1.807) is 0 Å². The van der Waals surface area contributed by atoms with Crippen LogP contribution in [-0.4, -0.2) is 28.8 Å². The molecule has 2 rings (SSSR count). The Balaban J connectivity index is 0.00000288. The van der Waals surface area contributed by atoms with Crippen molar-refractivity contribution in [2.24, 2.45) is 11.8 Å². The maximum absolute atomic E-state index is 11.2. The number of halogens is 2. The molecule has 1 aromatic rings. The van der Waals surface area contributed by atoms with E-state index in [-0.39, 0.29) is 12.4 Å². The van der Waals surface area contributed by atoms with Crippen LogP contribution in [0.15, 0.2) is 24.3 Å². The first-order chi connectivity index (χ1) is 11.0. The second-order valence-electron chi connectivity index (χ2n) is 6.55. The summed E-state index contributed by atoms with van der Waals surface area (Å²) in [6.45, 7) is 1.24. The maximum atomic E-state index is 11.2. The molecule has 0 spiro atoms. The number of hydrogen-bond acceptors (Lipinski definition) is 3. The molecule has 0 amide bonds. The summed E-state index contributed by atoms with van der Waals surface area (Å²) in [7, 11) is -2.42. The predicted octanol–water partition coefficient (Wildman–Crippen LogP) is 3.88. The minimum Gasteiger partial charge on any atom is -0.392 e. The molecule has 7 heteroatoms. The topological polar surface area (TPSA) is 69.6 Å². The molecule has 0 aromatic heterocycles. The van der Waals surface area contributed by atoms with E-state index in [1.165, 1.54) is 6.42 Å². The molecule has 4 atom stereocenters. The van der Waals surface area contributed by atoms with Crippen LogP contribution in [0, 0.1) is 11.8 Å². The molecular weight excluding hydrogens is 368 g/mol. The maximum Gasteiger partial charge on any atom is 0.189 e. The van der Waals surface area contributed by atoms with Crippen LogP contribution in [0.3, 0.4) is 0 Å². The third kappa shape index (κ3) is 7.86. The number of benzene rings is 1. The van der Waals surface area contributed by atoms with Crippen molar-refractivity contribution in [1.29, 1.82) is 0 Å². The molecule has 1 fully saturated rings. The van der Waals surface area contributed by atoms with Gasteiger partial charge in [-0.3, -0.25) is 4.57 Å². The second kappa shape index (κ2) is 11.5. The summed E-state index contributed by atoms with van der Waals surface area (Å²) in [6.07, 6.45) is 5.11. The molecule has 0 heterocycles. The van der Waals surface area contributed by atoms with Gasteiger partial charge < -0.3 is 15.3 Å². The van der Waals surface area contributed by atoms with Crippen LogP contribution in [0.2, 0.25) is 5.02 Å². The van der Waals surface area contributed by atoms with Gasteiger partial charge in [-0.05, 0) is 42.4 Å². The highest BCUT2D eigenvalue weighted by Crippen LogP contribution is 2.37. The van der Waals surface area contributed by atoms with E-state index in [0.717, 1.165) is 29.8 Å². The molecule has 1 saturated carbocycles. The van der Waals surface area contributed by atoms with Crippen molar-refractivity contribution in [1.82, 2.24) is 5.32 Å². The van der Waals surface area contributed by atoms with E-state index in [4.69, 9.17) is 11.6 Å². The van der Waals surface area contributed by atoms with Gasteiger partial charge in [0.05, 0.1) is 6.10 Å². The van der Waals surface area contributed by atoms with Crippen LogP contribution in [0.1, 0.15) is 37.7 Å². The summed E-state index contributed by atoms with van der Waals surface area (Å²) in [5, 5.41) is 14.3. The first kappa shape index (κ1) is 22.0. The van der Waals surface area contributed by atoms with Crippen LogP contribution < -0.4 is 5.32 Å². The molecule has 0 radical (unpaired) electrons. The smallest absolute Gasteiger partial charge is 0.189 e. The summed E-state index contributed by atoms with van der Waals surface area (Å²) >= 11 is 5.86. The molecule has 24 heavy (non-hydrogen) atoms. The Labute approximate surface area is 156 Å². The van der Waals surface area contributed by atoms with E-state index in [9.17, 15) is 14.6 Å². The van der Waals surface area contributed by atoms with Gasteiger partial charge in [-0.2, -0.15) is 0 Å². The van der Waals surface area contributed by atoms with Gasteiger partial charge in [0.25, 0.3) is 0 Å². The van der Waals surface area contributed by atoms with Crippen LogP contribution in [0.5, 0.6) is 0 Å². The van der Waals surface area contributed by atoms with Crippen molar-refractivity contribution in [3.63, 3.8) is 0 Å². The first-order valence-electron chi connectivity index (χ1n) is 8.39. The molecule has 1 aromatic carbocycles. The lowest BCUT2D eigenvalue weighted by atomic mass is 9.77. The Morgan fingerprint density at radius 1 is 1.21 bits per heavy atom. The number of nitrogens with one attached hydrogen (secondary N) is 1. The number of hydrogen-bond donors (Lipinski definition) is 3. The second-order valence-corrected chi connectivity index (χ2v) is 8.18. The lowest BCUT2D eigenvalue weighted by Gasteiger charge is -2.32. The summed E-state index contributed by atoms with van der Waals surface area (Å²) in [5.74, 6) is 0.670. The van der Waals surface area contributed by atoms with Crippen LogP contribution in [0.4, 0.5) is 0 Å². The van der Waals surface area contributed by atoms with Gasteiger partial charge in [0.15, 0.2) is 8.03 Å². The van der Waals surface area contributed by atoms with Gasteiger partial charge in [0.1, 0.15) is 0 Å². The number of rotatable bonds is 8. The Kier molecular flexibility index (Phi) is 10.5. The van der Waals surface area contributed by atoms with Crippen LogP contribution >= 0.6 is 32.0 Å². The SMILES string of the molecule is Cl.O=[PH](O)CC1CCCC[C@H]1CC(O)CNCc1ccc(Cl)cc1. The zero-order chi connectivity index (χ0) is 16.7. The minimum absolute atomic E-state index is 0. The third-order valence-corrected chi connectivity index (χ3v) is 5.83. The fourth-order valence-electron chi connectivity index (χ4n) is 3.51. The number of aliphatic hydroxyl groups excluding tert-OH is 1. The first-order valence-corrected chi connectivity index (χ1v) is 10.3. The summed E-state index contributed by atoms with van der Waals surface area (Å²) in [6, 6.07) is 7.66. The van der Waals surface area contributed by atoms with E-state index in [2.05, 4.69) is 5.32 Å². The Bertz CT molecular complexity index is 501. The molecule has 0 saturated heterocycles. The molecule has 0 bridgehead atoms. The van der Waals surface area contributed by atoms with Gasteiger partial charge in [0.2, 0.25) is 0 Å². The van der Waals surface area contributed by atoms with Crippen molar-refractivity contribution in [3.05, 3.63) is 34.9 Å². The van der Waals surface area contributed by atoms with Gasteiger partial charge in [-0.15, -0.1) is 12.4 Å². The Morgan fingerprint density at radius 2 is 1.83 bits per heavy atom. The fourth-order valence-corrected chi connectivity index (χ4v) is 4.62. The average molecular weight is 396 g/mol. The van der Waals surface area contributed by atoms with Crippen molar-refractivity contribution in [2.45, 2.75) is 44.8 Å². The number of aliphatic hydroxyl groups is 1. The highest BCUT2D eigenvalue weighted by molar-refractivity contribution is 7.38. The zero-order valence-corrected chi connectivity index (χ0v) is 16.4. The monoisotopic (exact) mass is 395 g/mol. The molecular formula is C17H28Cl2NO3P. The average Bonchev–Trinajstić information content (AvgIpc) is 2.51. The molecule has 138 valence electrons. The van der Waals surface area contributed by atoms with E-state index in [1.807, 2.05) is 24.3 Å². The molecule has 4 nitrogen and oxygen atoms in total. The third-order valence-electron chi connectivity index (χ3n) is 4.70. The molecule has 3 N–H and O–H groups in total. The van der Waals surface area contributed by atoms with Gasteiger partial charge in [-0.1, -0.05) is 43.0 Å². The molecule has 0 aliphatic heterocycles. The standard InChI is InChI=1S/C17H27ClNO3P.ClH/c18-16-7-5-13(6-8-16)10-19-11-17(20)9-14-3-1-2-4-15(14)12-23(21)22;/h5-8,14-15,17,19-20,23H,1-4,9-12H2,(H,21,22);1H/t14-,15?,17?;/m0./s1. The summed E-state index contributed by atoms with van der Waals surface area (Å²) in [5.41, 5.74) is 1.14. The van der Waals surface area contributed by atoms with Crippen molar-refractivity contribution >= 4 is 32.0 Å². The van der Waals surface area contributed by atoms with E-state index < -0.39 is 14.1 Å². The molecule has 1 aliphatic carbocycles. The van der Waals surface area contributed by atoms with Crippen LogP contribution in [0.25, 0.3) is 0 Å². The Morgan fingerprint density at radius 3 is 2.46 bits per heavy atom. The summed E-state index contributed by atoms with van der Waals surface area (Å²) in [4.78, 5) is 9.21. The molecule has 1 aliphatic rings. The molecule has 3 unspecified atom stereocenters. The van der Waals surface area contributed by atoms with E-state index >= 15 is 0 Å². The van der Waals surface area contributed by atoms with Gasteiger partial charge >= 0.3 is 0 Å². The van der Waals surface area contributed by atoms with Crippen molar-refractivity contribution in [2.75, 3.05) is 12.7 Å². The lowest BCUT2D eigenvalue weighted by Crippen LogP contribution is -2.32. The fraction of sp³-hybridized carbons (Fsp3) is 0.647. The van der Waals surface area contributed by atoms with Gasteiger partial charge in [-0.25, -0.2) is 0 Å². The largest absolute Gasteiger partial charge is 0.392 e. The van der Waals surface area contributed by atoms with E-state index in [0.29, 0.717) is 37.5 Å². The quantitative estimate of drug-likeness (QED) is 0.584. The predicted molar refractivity (Wildman–Crippen MR) is 103 cm³/mol. The van der Waals surface area contributed by atoms with Crippen molar-refractivity contribution < 1.29 is 14.6 Å². The normalized spacial score (nSPS) is 23.3. The lowest BCUT2D eigenvalue weighted by molar-refractivity contribution is 0.108. The Hall–Kier alpha value is -0.0900. The van der Waals surface area contributed by atoms with Gasteiger partial charge in [0, 0.05) is 24.3 Å². The summed E-state index contributed by atoms with van der Waals surface area (Å²) < 4.78 is 11.2. The van der Waals surface area contributed by atoms with Crippen molar-refractivity contribution in [3.8, 4) is 0 Å².